The molecule has 1 aromatic heterocycles. The van der Waals surface area contributed by atoms with Crippen molar-refractivity contribution in [1.29, 1.82) is 0 Å². The zero-order valence-electron chi connectivity index (χ0n) is 12.9. The zero-order chi connectivity index (χ0) is 15.0. The lowest BCUT2D eigenvalue weighted by atomic mass is 10.2. The van der Waals surface area contributed by atoms with E-state index in [2.05, 4.69) is 9.97 Å². The maximum atomic E-state index is 5.56. The van der Waals surface area contributed by atoms with Crippen molar-refractivity contribution in [3.05, 3.63) is 23.8 Å². The Bertz CT molecular complexity index is 408. The Morgan fingerprint density at radius 3 is 2.09 bits per heavy atom. The van der Waals surface area contributed by atoms with Crippen LogP contribution in [0.4, 0.5) is 0 Å². The molecule has 1 aromatic rings. The Labute approximate surface area is 131 Å². The average Bonchev–Trinajstić information content (AvgIpc) is 2.60. The van der Waals surface area contributed by atoms with E-state index in [9.17, 15) is 0 Å². The van der Waals surface area contributed by atoms with Gasteiger partial charge in [-0.2, -0.15) is 0 Å². The van der Waals surface area contributed by atoms with E-state index in [1.54, 1.807) is 0 Å². The van der Waals surface area contributed by atoms with Gasteiger partial charge in [-0.05, 0) is 25.3 Å². The number of hydrogen-bond donors (Lipinski definition) is 0. The summed E-state index contributed by atoms with van der Waals surface area (Å²) >= 11 is 0. The molecule has 0 spiro atoms. The van der Waals surface area contributed by atoms with Crippen LogP contribution in [0.25, 0.3) is 0 Å². The van der Waals surface area contributed by atoms with Gasteiger partial charge in [-0.15, -0.1) is 0 Å². The first-order chi connectivity index (χ1) is 10.9. The maximum absolute atomic E-state index is 5.56. The van der Waals surface area contributed by atoms with Gasteiger partial charge in [-0.1, -0.05) is 0 Å². The Morgan fingerprint density at radius 1 is 0.864 bits per heavy atom. The average molecular weight is 308 g/mol. The second-order valence-corrected chi connectivity index (χ2v) is 5.59. The van der Waals surface area contributed by atoms with E-state index >= 15 is 0 Å². The van der Waals surface area contributed by atoms with Gasteiger partial charge < -0.3 is 18.9 Å². The van der Waals surface area contributed by atoms with E-state index < -0.39 is 0 Å². The van der Waals surface area contributed by atoms with Crippen LogP contribution in [-0.2, 0) is 31.8 Å². The third-order valence-corrected chi connectivity index (χ3v) is 3.80. The van der Waals surface area contributed by atoms with Crippen molar-refractivity contribution in [2.24, 2.45) is 0 Å². The highest BCUT2D eigenvalue weighted by Crippen LogP contribution is 2.13. The summed E-state index contributed by atoms with van der Waals surface area (Å²) in [4.78, 5) is 8.94. The molecule has 22 heavy (non-hydrogen) atoms. The fourth-order valence-corrected chi connectivity index (χ4v) is 2.62. The maximum Gasteiger partial charge on any atom is 0.158 e. The third kappa shape index (κ3) is 4.98. The summed E-state index contributed by atoms with van der Waals surface area (Å²) in [6.07, 6.45) is 6.85. The molecular weight excluding hydrogens is 284 g/mol. The van der Waals surface area contributed by atoms with Crippen LogP contribution >= 0.6 is 0 Å². The first kappa shape index (κ1) is 15.8. The standard InChI is InChI=1S/C16H24N2O4/c1-9-19-15(20-10-1)5-3-13-7-8-17-14(18-13)4-6-16-21-11-2-12-22-16/h7-8,15-16H,1-6,9-12H2. The lowest BCUT2D eigenvalue weighted by Crippen LogP contribution is -2.26. The molecule has 0 radical (unpaired) electrons. The van der Waals surface area contributed by atoms with E-state index in [0.717, 1.165) is 76.5 Å². The van der Waals surface area contributed by atoms with E-state index in [4.69, 9.17) is 18.9 Å². The molecule has 0 saturated carbocycles. The first-order valence-corrected chi connectivity index (χ1v) is 8.17. The van der Waals surface area contributed by atoms with Crippen LogP contribution in [0.2, 0.25) is 0 Å². The fraction of sp³-hybridized carbons (Fsp3) is 0.750. The van der Waals surface area contributed by atoms with E-state index in [1.165, 1.54) is 0 Å². The smallest absolute Gasteiger partial charge is 0.158 e. The molecule has 2 fully saturated rings. The van der Waals surface area contributed by atoms with Crippen LogP contribution in [0.1, 0.15) is 37.2 Å². The summed E-state index contributed by atoms with van der Waals surface area (Å²) in [7, 11) is 0. The van der Waals surface area contributed by atoms with Crippen molar-refractivity contribution in [1.82, 2.24) is 9.97 Å². The largest absolute Gasteiger partial charge is 0.353 e. The molecule has 0 aromatic carbocycles. The summed E-state index contributed by atoms with van der Waals surface area (Å²) in [5, 5.41) is 0. The predicted octanol–water partition coefficient (Wildman–Crippen LogP) is 1.87. The summed E-state index contributed by atoms with van der Waals surface area (Å²) in [6, 6.07) is 1.96. The predicted molar refractivity (Wildman–Crippen MR) is 79.3 cm³/mol. The van der Waals surface area contributed by atoms with E-state index in [1.807, 2.05) is 12.3 Å². The van der Waals surface area contributed by atoms with Crippen molar-refractivity contribution in [3.8, 4) is 0 Å². The van der Waals surface area contributed by atoms with Gasteiger partial charge in [0.25, 0.3) is 0 Å². The third-order valence-electron chi connectivity index (χ3n) is 3.80. The molecular formula is C16H24N2O4. The van der Waals surface area contributed by atoms with Gasteiger partial charge >= 0.3 is 0 Å². The summed E-state index contributed by atoms with van der Waals surface area (Å²) in [5.41, 5.74) is 1.04. The SMILES string of the molecule is c1cc(CCC2OCCCO2)nc(CCC2OCCCO2)n1. The topological polar surface area (TPSA) is 62.7 Å². The van der Waals surface area contributed by atoms with Crippen LogP contribution in [0.3, 0.4) is 0 Å². The van der Waals surface area contributed by atoms with Crippen LogP contribution in [-0.4, -0.2) is 49.0 Å². The van der Waals surface area contributed by atoms with Crippen LogP contribution < -0.4 is 0 Å². The molecule has 3 rings (SSSR count). The van der Waals surface area contributed by atoms with Crippen molar-refractivity contribution in [2.75, 3.05) is 26.4 Å². The molecule has 0 atom stereocenters. The number of hydrogen-bond acceptors (Lipinski definition) is 6. The molecule has 3 heterocycles. The van der Waals surface area contributed by atoms with Gasteiger partial charge in [0.2, 0.25) is 0 Å². The van der Waals surface area contributed by atoms with E-state index in [0.29, 0.717) is 0 Å². The van der Waals surface area contributed by atoms with Gasteiger partial charge in [0.1, 0.15) is 5.82 Å². The zero-order valence-corrected chi connectivity index (χ0v) is 12.9. The molecule has 0 aliphatic carbocycles. The Kier molecular flexibility index (Phi) is 6.12. The van der Waals surface area contributed by atoms with Crippen molar-refractivity contribution in [3.63, 3.8) is 0 Å². The van der Waals surface area contributed by atoms with Crippen LogP contribution in [0, 0.1) is 0 Å². The number of aromatic nitrogens is 2. The molecule has 0 bridgehead atoms. The quantitative estimate of drug-likeness (QED) is 0.799. The van der Waals surface area contributed by atoms with Crippen LogP contribution in [0.15, 0.2) is 12.3 Å². The Morgan fingerprint density at radius 2 is 1.45 bits per heavy atom. The van der Waals surface area contributed by atoms with Gasteiger partial charge in [0.15, 0.2) is 12.6 Å². The van der Waals surface area contributed by atoms with Crippen molar-refractivity contribution in [2.45, 2.75) is 51.1 Å². The Hall–Kier alpha value is -1.08. The highest BCUT2D eigenvalue weighted by Gasteiger charge is 2.16. The molecule has 2 aliphatic heterocycles. The highest BCUT2D eigenvalue weighted by molar-refractivity contribution is 5.03. The molecule has 0 amide bonds. The minimum atomic E-state index is -0.106. The summed E-state index contributed by atoms with van der Waals surface area (Å²) < 4.78 is 22.2. The molecule has 0 unspecified atom stereocenters. The Balaban J connectivity index is 1.44. The van der Waals surface area contributed by atoms with Gasteiger partial charge in [-0.25, -0.2) is 9.97 Å². The van der Waals surface area contributed by atoms with Crippen molar-refractivity contribution >= 4 is 0 Å². The normalized spacial score (nSPS) is 21.1. The van der Waals surface area contributed by atoms with E-state index in [-0.39, 0.29) is 12.6 Å². The van der Waals surface area contributed by atoms with Gasteiger partial charge in [-0.3, -0.25) is 0 Å². The molecule has 6 nitrogen and oxygen atoms in total. The number of ether oxygens (including phenoxy) is 4. The minimum absolute atomic E-state index is 0.0868. The van der Waals surface area contributed by atoms with Gasteiger partial charge in [0, 0.05) is 31.2 Å². The summed E-state index contributed by atoms with van der Waals surface area (Å²) in [6.45, 7) is 3.15. The van der Waals surface area contributed by atoms with Gasteiger partial charge in [0.05, 0.1) is 26.4 Å². The second kappa shape index (κ2) is 8.53. The fourth-order valence-electron chi connectivity index (χ4n) is 2.62. The molecule has 6 heteroatoms. The molecule has 0 N–H and O–H groups in total. The highest BCUT2D eigenvalue weighted by atomic mass is 16.7. The lowest BCUT2D eigenvalue weighted by Gasteiger charge is -2.23. The molecule has 2 saturated heterocycles. The number of nitrogens with zero attached hydrogens (tertiary/aromatic N) is 2. The number of rotatable bonds is 6. The molecule has 122 valence electrons. The minimum Gasteiger partial charge on any atom is -0.353 e. The number of aryl methyl sites for hydroxylation is 2. The lowest BCUT2D eigenvalue weighted by molar-refractivity contribution is -0.180. The monoisotopic (exact) mass is 308 g/mol. The second-order valence-electron chi connectivity index (χ2n) is 5.59. The van der Waals surface area contributed by atoms with Crippen molar-refractivity contribution < 1.29 is 18.9 Å². The molecule has 2 aliphatic rings. The summed E-state index contributed by atoms with van der Waals surface area (Å²) in [5.74, 6) is 0.848. The first-order valence-electron chi connectivity index (χ1n) is 8.17. The van der Waals surface area contributed by atoms with Crippen LogP contribution in [0.5, 0.6) is 0 Å².